The van der Waals surface area contributed by atoms with Gasteiger partial charge >= 0.3 is 0 Å². The number of carbonyl (C=O) groups excluding carboxylic acids is 1. The van der Waals surface area contributed by atoms with E-state index in [1.807, 2.05) is 5.38 Å². The molecule has 2 rings (SSSR count). The van der Waals surface area contributed by atoms with Crippen molar-refractivity contribution in [2.24, 2.45) is 0 Å². The number of amides is 1. The molecule has 2 heterocycles. The van der Waals surface area contributed by atoms with Gasteiger partial charge in [0.2, 0.25) is 0 Å². The number of hydrogen-bond acceptors (Lipinski definition) is 3. The average Bonchev–Trinajstić information content (AvgIpc) is 2.94. The van der Waals surface area contributed by atoms with Gasteiger partial charge in [-0.1, -0.05) is 6.92 Å². The largest absolute Gasteiger partial charge is 0.457 e. The van der Waals surface area contributed by atoms with Crippen molar-refractivity contribution in [2.75, 3.05) is 0 Å². The van der Waals surface area contributed by atoms with E-state index in [1.165, 1.54) is 16.7 Å². The highest BCUT2D eigenvalue weighted by Gasteiger charge is 2.12. The van der Waals surface area contributed by atoms with Crippen molar-refractivity contribution in [2.45, 2.75) is 19.9 Å². The van der Waals surface area contributed by atoms with Crippen molar-refractivity contribution in [1.82, 2.24) is 5.32 Å². The van der Waals surface area contributed by atoms with Crippen molar-refractivity contribution >= 4 is 33.2 Å². The predicted octanol–water partition coefficient (Wildman–Crippen LogP) is 3.60. The van der Waals surface area contributed by atoms with Crippen molar-refractivity contribution in [3.63, 3.8) is 0 Å². The van der Waals surface area contributed by atoms with Crippen LogP contribution in [0.5, 0.6) is 0 Å². The summed E-state index contributed by atoms with van der Waals surface area (Å²) < 4.78 is 5.50. The standard InChI is InChI=1S/C12H12BrNO2S/c1-2-8-4-6-17-10(8)7-14-12(15)9-3-5-16-11(9)13/h3-6H,2,7H2,1H3,(H,14,15). The molecule has 5 heteroatoms. The number of carbonyl (C=O) groups is 1. The molecule has 0 aliphatic rings. The molecule has 1 N–H and O–H groups in total. The molecule has 2 aromatic rings. The fraction of sp³-hybridized carbons (Fsp3) is 0.250. The lowest BCUT2D eigenvalue weighted by Crippen LogP contribution is -2.22. The highest BCUT2D eigenvalue weighted by molar-refractivity contribution is 9.10. The molecule has 0 atom stereocenters. The van der Waals surface area contributed by atoms with Crippen LogP contribution in [0.2, 0.25) is 0 Å². The Morgan fingerprint density at radius 2 is 2.35 bits per heavy atom. The second-order valence-corrected chi connectivity index (χ2v) is 5.23. The lowest BCUT2D eigenvalue weighted by Gasteiger charge is -2.04. The Morgan fingerprint density at radius 3 is 3.00 bits per heavy atom. The van der Waals surface area contributed by atoms with E-state index in [0.29, 0.717) is 16.8 Å². The number of halogens is 1. The topological polar surface area (TPSA) is 42.2 Å². The second-order valence-electron chi connectivity index (χ2n) is 3.51. The second kappa shape index (κ2) is 5.51. The first-order valence-electron chi connectivity index (χ1n) is 5.28. The van der Waals surface area contributed by atoms with Gasteiger partial charge in [-0.2, -0.15) is 0 Å². The molecule has 0 saturated carbocycles. The van der Waals surface area contributed by atoms with E-state index in [1.54, 1.807) is 17.4 Å². The van der Waals surface area contributed by atoms with Crippen LogP contribution in [0.15, 0.2) is 32.9 Å². The summed E-state index contributed by atoms with van der Waals surface area (Å²) in [6, 6.07) is 3.74. The van der Waals surface area contributed by atoms with Gasteiger partial charge in [-0.05, 0) is 45.4 Å². The zero-order valence-electron chi connectivity index (χ0n) is 9.33. The first-order chi connectivity index (χ1) is 8.22. The van der Waals surface area contributed by atoms with E-state index in [9.17, 15) is 4.79 Å². The maximum Gasteiger partial charge on any atom is 0.256 e. The smallest absolute Gasteiger partial charge is 0.256 e. The molecule has 0 unspecified atom stereocenters. The van der Waals surface area contributed by atoms with Crippen LogP contribution < -0.4 is 5.32 Å². The van der Waals surface area contributed by atoms with E-state index >= 15 is 0 Å². The monoisotopic (exact) mass is 313 g/mol. The number of hydrogen-bond donors (Lipinski definition) is 1. The minimum absolute atomic E-state index is 0.124. The molecular weight excluding hydrogens is 302 g/mol. The van der Waals surface area contributed by atoms with Crippen LogP contribution in [0.25, 0.3) is 0 Å². The van der Waals surface area contributed by atoms with Gasteiger partial charge < -0.3 is 9.73 Å². The highest BCUT2D eigenvalue weighted by Crippen LogP contribution is 2.19. The van der Waals surface area contributed by atoms with Crippen molar-refractivity contribution in [3.8, 4) is 0 Å². The van der Waals surface area contributed by atoms with Gasteiger partial charge in [-0.15, -0.1) is 11.3 Å². The van der Waals surface area contributed by atoms with Crippen LogP contribution in [0.3, 0.4) is 0 Å². The minimum Gasteiger partial charge on any atom is -0.457 e. The van der Waals surface area contributed by atoms with Crippen LogP contribution in [0, 0.1) is 0 Å². The lowest BCUT2D eigenvalue weighted by molar-refractivity contribution is 0.0949. The molecule has 0 aliphatic heterocycles. The Kier molecular flexibility index (Phi) is 4.02. The summed E-state index contributed by atoms with van der Waals surface area (Å²) in [5.74, 6) is -0.124. The van der Waals surface area contributed by atoms with Crippen LogP contribution in [-0.4, -0.2) is 5.91 Å². The Balaban J connectivity index is 1.99. The molecule has 0 aromatic carbocycles. The van der Waals surface area contributed by atoms with E-state index in [0.717, 1.165) is 6.42 Å². The third-order valence-electron chi connectivity index (χ3n) is 2.49. The van der Waals surface area contributed by atoms with Crippen molar-refractivity contribution < 1.29 is 9.21 Å². The van der Waals surface area contributed by atoms with Crippen LogP contribution in [0.1, 0.15) is 27.7 Å². The molecule has 0 fully saturated rings. The molecule has 1 amide bonds. The molecule has 17 heavy (non-hydrogen) atoms. The van der Waals surface area contributed by atoms with Gasteiger partial charge in [-0.25, -0.2) is 0 Å². The van der Waals surface area contributed by atoms with Crippen LogP contribution in [0.4, 0.5) is 0 Å². The Morgan fingerprint density at radius 1 is 1.53 bits per heavy atom. The molecular formula is C12H12BrNO2S. The highest BCUT2D eigenvalue weighted by atomic mass is 79.9. The van der Waals surface area contributed by atoms with Crippen LogP contribution in [-0.2, 0) is 13.0 Å². The molecule has 90 valence electrons. The van der Waals surface area contributed by atoms with Gasteiger partial charge in [0.1, 0.15) is 0 Å². The summed E-state index contributed by atoms with van der Waals surface area (Å²) >= 11 is 4.86. The van der Waals surface area contributed by atoms with E-state index in [2.05, 4.69) is 34.2 Å². The zero-order chi connectivity index (χ0) is 12.3. The molecule has 2 aromatic heterocycles. The van der Waals surface area contributed by atoms with E-state index in [-0.39, 0.29) is 5.91 Å². The predicted molar refractivity (Wildman–Crippen MR) is 71.3 cm³/mol. The quantitative estimate of drug-likeness (QED) is 0.937. The number of rotatable bonds is 4. The van der Waals surface area contributed by atoms with Gasteiger partial charge in [-0.3, -0.25) is 4.79 Å². The Hall–Kier alpha value is -1.07. The summed E-state index contributed by atoms with van der Waals surface area (Å²) in [5, 5.41) is 4.93. The fourth-order valence-electron chi connectivity index (χ4n) is 1.55. The number of nitrogens with one attached hydrogen (secondary N) is 1. The maximum absolute atomic E-state index is 11.8. The molecule has 0 bridgehead atoms. The van der Waals surface area contributed by atoms with Crippen molar-refractivity contribution in [3.05, 3.63) is 44.4 Å². The Bertz CT molecular complexity index is 518. The number of furan rings is 1. The summed E-state index contributed by atoms with van der Waals surface area (Å²) in [6.07, 6.45) is 2.48. The summed E-state index contributed by atoms with van der Waals surface area (Å²) in [4.78, 5) is 13.0. The van der Waals surface area contributed by atoms with Crippen molar-refractivity contribution in [1.29, 1.82) is 0 Å². The third kappa shape index (κ3) is 2.79. The molecule has 0 aliphatic carbocycles. The summed E-state index contributed by atoms with van der Waals surface area (Å²) in [5.41, 5.74) is 1.82. The van der Waals surface area contributed by atoms with Crippen LogP contribution >= 0.6 is 27.3 Å². The lowest BCUT2D eigenvalue weighted by atomic mass is 10.2. The summed E-state index contributed by atoms with van der Waals surface area (Å²) in [6.45, 7) is 2.68. The summed E-state index contributed by atoms with van der Waals surface area (Å²) in [7, 11) is 0. The number of thiophene rings is 1. The first kappa shape index (κ1) is 12.4. The minimum atomic E-state index is -0.124. The van der Waals surface area contributed by atoms with Gasteiger partial charge in [0, 0.05) is 4.88 Å². The molecule has 3 nitrogen and oxygen atoms in total. The Labute approximate surface area is 112 Å². The maximum atomic E-state index is 11.8. The molecule has 0 radical (unpaired) electrons. The van der Waals surface area contributed by atoms with Gasteiger partial charge in [0.05, 0.1) is 18.4 Å². The molecule has 0 saturated heterocycles. The molecule has 0 spiro atoms. The zero-order valence-corrected chi connectivity index (χ0v) is 11.7. The normalized spacial score (nSPS) is 10.5. The SMILES string of the molecule is CCc1ccsc1CNC(=O)c1ccoc1Br. The van der Waals surface area contributed by atoms with Gasteiger partial charge in [0.25, 0.3) is 5.91 Å². The number of aryl methyl sites for hydroxylation is 1. The first-order valence-corrected chi connectivity index (χ1v) is 6.96. The van der Waals surface area contributed by atoms with E-state index in [4.69, 9.17) is 4.42 Å². The fourth-order valence-corrected chi connectivity index (χ4v) is 2.88. The van der Waals surface area contributed by atoms with E-state index < -0.39 is 0 Å². The average molecular weight is 314 g/mol. The third-order valence-corrected chi connectivity index (χ3v) is 4.07. The van der Waals surface area contributed by atoms with Gasteiger partial charge in [0.15, 0.2) is 4.67 Å².